The molecular weight excluding hydrogens is 164 g/mol. The molecule has 3 nitrogen and oxygen atoms in total. The number of hydrogen-bond acceptors (Lipinski definition) is 3. The first-order valence-corrected chi connectivity index (χ1v) is 5.06. The first-order chi connectivity index (χ1) is 6.07. The quantitative estimate of drug-likeness (QED) is 0.604. The minimum atomic E-state index is 0.447. The van der Waals surface area contributed by atoms with Crippen molar-refractivity contribution >= 4 is 0 Å². The summed E-state index contributed by atoms with van der Waals surface area (Å²) in [5.41, 5.74) is 5.54. The Bertz CT molecular complexity index is 117. The summed E-state index contributed by atoms with van der Waals surface area (Å²) in [5.74, 6) is 0.622. The van der Waals surface area contributed by atoms with Crippen molar-refractivity contribution in [1.29, 1.82) is 0 Å². The zero-order valence-corrected chi connectivity index (χ0v) is 9.42. The van der Waals surface area contributed by atoms with E-state index in [0.717, 1.165) is 19.8 Å². The van der Waals surface area contributed by atoms with E-state index in [4.69, 9.17) is 10.5 Å². The van der Waals surface area contributed by atoms with Gasteiger partial charge in [0, 0.05) is 25.7 Å². The Morgan fingerprint density at radius 1 is 1.31 bits per heavy atom. The average molecular weight is 188 g/mol. The van der Waals surface area contributed by atoms with Crippen molar-refractivity contribution < 1.29 is 4.74 Å². The summed E-state index contributed by atoms with van der Waals surface area (Å²) < 4.78 is 5.48. The molecule has 0 aliphatic heterocycles. The highest BCUT2D eigenvalue weighted by Gasteiger charge is 2.05. The fourth-order valence-corrected chi connectivity index (χ4v) is 0.928. The maximum atomic E-state index is 5.54. The zero-order valence-electron chi connectivity index (χ0n) is 9.42. The van der Waals surface area contributed by atoms with Crippen LogP contribution in [0.2, 0.25) is 0 Å². The normalized spacial score (nSPS) is 14.1. The Morgan fingerprint density at radius 3 is 2.38 bits per heavy atom. The molecule has 0 fully saturated rings. The van der Waals surface area contributed by atoms with Gasteiger partial charge in [-0.2, -0.15) is 0 Å². The molecule has 0 amide bonds. The minimum Gasteiger partial charge on any atom is -0.380 e. The SMILES string of the molecule is CC(C)COCCN(C)C(C)CN. The fourth-order valence-electron chi connectivity index (χ4n) is 0.928. The summed E-state index contributed by atoms with van der Waals surface area (Å²) in [7, 11) is 2.08. The Labute approximate surface area is 82.2 Å². The lowest BCUT2D eigenvalue weighted by molar-refractivity contribution is 0.0841. The van der Waals surface area contributed by atoms with Crippen LogP contribution < -0.4 is 5.73 Å². The Hall–Kier alpha value is -0.120. The molecule has 0 aliphatic rings. The van der Waals surface area contributed by atoms with Crippen molar-refractivity contribution in [1.82, 2.24) is 4.90 Å². The second-order valence-electron chi connectivity index (χ2n) is 4.03. The molecule has 0 rings (SSSR count). The van der Waals surface area contributed by atoms with Crippen LogP contribution in [-0.2, 0) is 4.74 Å². The van der Waals surface area contributed by atoms with Gasteiger partial charge in [-0.25, -0.2) is 0 Å². The van der Waals surface area contributed by atoms with E-state index in [1.54, 1.807) is 0 Å². The topological polar surface area (TPSA) is 38.5 Å². The molecule has 1 atom stereocenters. The molecule has 80 valence electrons. The van der Waals surface area contributed by atoms with E-state index < -0.39 is 0 Å². The first-order valence-electron chi connectivity index (χ1n) is 5.06. The number of nitrogens with two attached hydrogens (primary N) is 1. The van der Waals surface area contributed by atoms with E-state index in [0.29, 0.717) is 18.5 Å². The van der Waals surface area contributed by atoms with Crippen molar-refractivity contribution in [2.24, 2.45) is 11.7 Å². The lowest BCUT2D eigenvalue weighted by Gasteiger charge is -2.23. The van der Waals surface area contributed by atoms with Gasteiger partial charge in [-0.15, -0.1) is 0 Å². The Balaban J connectivity index is 3.31. The number of rotatable bonds is 7. The van der Waals surface area contributed by atoms with Gasteiger partial charge < -0.3 is 15.4 Å². The van der Waals surface area contributed by atoms with Gasteiger partial charge in [0.1, 0.15) is 0 Å². The van der Waals surface area contributed by atoms with Crippen molar-refractivity contribution in [2.75, 3.05) is 33.4 Å². The van der Waals surface area contributed by atoms with E-state index in [2.05, 4.69) is 32.7 Å². The number of likely N-dealkylation sites (N-methyl/N-ethyl adjacent to an activating group) is 1. The predicted octanol–water partition coefficient (Wildman–Crippen LogP) is 0.938. The third kappa shape index (κ3) is 6.99. The predicted molar refractivity (Wildman–Crippen MR) is 56.8 cm³/mol. The molecule has 0 aromatic heterocycles. The van der Waals surface area contributed by atoms with E-state index in [9.17, 15) is 0 Å². The van der Waals surface area contributed by atoms with Crippen molar-refractivity contribution in [3.05, 3.63) is 0 Å². The maximum absolute atomic E-state index is 5.54. The van der Waals surface area contributed by atoms with Gasteiger partial charge in [-0.05, 0) is 19.9 Å². The summed E-state index contributed by atoms with van der Waals surface area (Å²) >= 11 is 0. The molecule has 0 heterocycles. The second-order valence-corrected chi connectivity index (χ2v) is 4.03. The third-order valence-corrected chi connectivity index (χ3v) is 2.13. The fraction of sp³-hybridized carbons (Fsp3) is 1.00. The molecule has 2 N–H and O–H groups in total. The molecule has 0 saturated heterocycles. The highest BCUT2D eigenvalue weighted by Crippen LogP contribution is 1.95. The number of ether oxygens (including phenoxy) is 1. The summed E-state index contributed by atoms with van der Waals surface area (Å²) in [5, 5.41) is 0. The van der Waals surface area contributed by atoms with E-state index >= 15 is 0 Å². The summed E-state index contributed by atoms with van der Waals surface area (Å²) in [6.07, 6.45) is 0. The van der Waals surface area contributed by atoms with Crippen LogP contribution >= 0.6 is 0 Å². The van der Waals surface area contributed by atoms with Gasteiger partial charge in [0.25, 0.3) is 0 Å². The highest BCUT2D eigenvalue weighted by atomic mass is 16.5. The molecule has 1 unspecified atom stereocenters. The molecule has 0 aromatic rings. The number of nitrogens with zero attached hydrogens (tertiary/aromatic N) is 1. The van der Waals surface area contributed by atoms with Gasteiger partial charge in [-0.1, -0.05) is 13.8 Å². The van der Waals surface area contributed by atoms with Gasteiger partial charge in [0.05, 0.1) is 6.61 Å². The maximum Gasteiger partial charge on any atom is 0.0593 e. The van der Waals surface area contributed by atoms with Crippen LogP contribution in [0, 0.1) is 5.92 Å². The van der Waals surface area contributed by atoms with Crippen LogP contribution in [0.15, 0.2) is 0 Å². The van der Waals surface area contributed by atoms with Crippen LogP contribution in [-0.4, -0.2) is 44.3 Å². The molecule has 0 radical (unpaired) electrons. The largest absolute Gasteiger partial charge is 0.380 e. The molecule has 0 bridgehead atoms. The van der Waals surface area contributed by atoms with Crippen LogP contribution in [0.25, 0.3) is 0 Å². The molecule has 0 aromatic carbocycles. The Morgan fingerprint density at radius 2 is 1.92 bits per heavy atom. The molecule has 0 saturated carbocycles. The summed E-state index contributed by atoms with van der Waals surface area (Å²) in [4.78, 5) is 2.22. The molecule has 0 spiro atoms. The van der Waals surface area contributed by atoms with Gasteiger partial charge in [0.2, 0.25) is 0 Å². The van der Waals surface area contributed by atoms with Crippen molar-refractivity contribution in [3.8, 4) is 0 Å². The smallest absolute Gasteiger partial charge is 0.0593 e. The van der Waals surface area contributed by atoms with Crippen molar-refractivity contribution in [3.63, 3.8) is 0 Å². The highest BCUT2D eigenvalue weighted by molar-refractivity contribution is 4.62. The molecule has 3 heteroatoms. The summed E-state index contributed by atoms with van der Waals surface area (Å²) in [6.45, 7) is 9.77. The van der Waals surface area contributed by atoms with Crippen LogP contribution in [0.3, 0.4) is 0 Å². The van der Waals surface area contributed by atoms with E-state index in [1.165, 1.54) is 0 Å². The molecule has 13 heavy (non-hydrogen) atoms. The standard InChI is InChI=1S/C10H24N2O/c1-9(2)8-13-6-5-12(4)10(3)7-11/h9-10H,5-8,11H2,1-4H3. The first kappa shape index (κ1) is 12.9. The monoisotopic (exact) mass is 188 g/mol. The number of hydrogen-bond donors (Lipinski definition) is 1. The van der Waals surface area contributed by atoms with Crippen LogP contribution in [0.4, 0.5) is 0 Å². The molecular formula is C10H24N2O. The van der Waals surface area contributed by atoms with Gasteiger partial charge >= 0.3 is 0 Å². The van der Waals surface area contributed by atoms with Crippen molar-refractivity contribution in [2.45, 2.75) is 26.8 Å². The Kier molecular flexibility index (Phi) is 7.23. The molecule has 0 aliphatic carbocycles. The third-order valence-electron chi connectivity index (χ3n) is 2.13. The average Bonchev–Trinajstić information content (AvgIpc) is 2.10. The van der Waals surface area contributed by atoms with Crippen LogP contribution in [0.1, 0.15) is 20.8 Å². The lowest BCUT2D eigenvalue weighted by atomic mass is 10.2. The summed E-state index contributed by atoms with van der Waals surface area (Å²) in [6, 6.07) is 0.447. The zero-order chi connectivity index (χ0) is 10.3. The van der Waals surface area contributed by atoms with Crippen LogP contribution in [0.5, 0.6) is 0 Å². The van der Waals surface area contributed by atoms with E-state index in [-0.39, 0.29) is 0 Å². The van der Waals surface area contributed by atoms with Gasteiger partial charge in [-0.3, -0.25) is 0 Å². The second kappa shape index (κ2) is 7.30. The lowest BCUT2D eigenvalue weighted by Crippen LogP contribution is -2.37. The van der Waals surface area contributed by atoms with Gasteiger partial charge in [0.15, 0.2) is 0 Å². The minimum absolute atomic E-state index is 0.447. The van der Waals surface area contributed by atoms with E-state index in [1.807, 2.05) is 0 Å².